The summed E-state index contributed by atoms with van der Waals surface area (Å²) in [7, 11) is 0. The monoisotopic (exact) mass is 272 g/mol. The van der Waals surface area contributed by atoms with Gasteiger partial charge in [0.15, 0.2) is 0 Å². The van der Waals surface area contributed by atoms with Crippen LogP contribution in [-0.4, -0.2) is 30.2 Å². The number of hydrogen-bond acceptors (Lipinski definition) is 5. The minimum atomic E-state index is 0.405. The molecule has 21 heavy (non-hydrogen) atoms. The zero-order valence-electron chi connectivity index (χ0n) is 10.8. The third-order valence-corrected chi connectivity index (χ3v) is 3.72. The molecule has 98 valence electrons. The van der Waals surface area contributed by atoms with Crippen molar-refractivity contribution in [1.29, 1.82) is 0 Å². The molecule has 0 spiro atoms. The van der Waals surface area contributed by atoms with Crippen molar-refractivity contribution in [3.05, 3.63) is 48.5 Å². The molecule has 0 amide bonds. The van der Waals surface area contributed by atoms with Crippen molar-refractivity contribution >= 4 is 38.4 Å². The maximum Gasteiger partial charge on any atom is 0.291 e. The number of aromatic nitrogens is 6. The van der Waals surface area contributed by atoms with Crippen LogP contribution in [0.15, 0.2) is 48.5 Å². The van der Waals surface area contributed by atoms with Gasteiger partial charge in [0, 0.05) is 10.8 Å². The third kappa shape index (κ3) is 1.33. The number of fused-ring (bicyclic) bond motifs is 7. The van der Waals surface area contributed by atoms with Gasteiger partial charge in [0.2, 0.25) is 0 Å². The molecule has 0 radical (unpaired) electrons. The molecular formula is C15H8N6. The molecule has 5 aromatic rings. The molecule has 6 nitrogen and oxygen atoms in total. The Morgan fingerprint density at radius 3 is 2.05 bits per heavy atom. The van der Waals surface area contributed by atoms with Crippen molar-refractivity contribution in [3.8, 4) is 0 Å². The molecule has 0 aliphatic carbocycles. The molecule has 0 atom stereocenters. The number of tetrazole rings is 1. The van der Waals surface area contributed by atoms with E-state index in [-0.39, 0.29) is 0 Å². The molecular weight excluding hydrogens is 264 g/mol. The molecule has 2 heterocycles. The van der Waals surface area contributed by atoms with Gasteiger partial charge in [0.05, 0.1) is 0 Å². The van der Waals surface area contributed by atoms with Gasteiger partial charge in [-0.25, -0.2) is 4.98 Å². The first-order chi connectivity index (χ1) is 10.4. The first kappa shape index (κ1) is 10.6. The van der Waals surface area contributed by atoms with Gasteiger partial charge in [0.1, 0.15) is 11.0 Å². The molecule has 0 N–H and O–H groups in total. The van der Waals surface area contributed by atoms with E-state index in [1.165, 1.54) is 4.63 Å². The SMILES string of the molecule is c1ccc2c(c1)c1ccccc1c1nn3nnnc3nc21. The van der Waals surface area contributed by atoms with Gasteiger partial charge in [-0.05, 0) is 21.2 Å². The molecule has 0 unspecified atom stereocenters. The predicted molar refractivity (Wildman–Crippen MR) is 78.9 cm³/mol. The Kier molecular flexibility index (Phi) is 1.87. The molecule has 6 heteroatoms. The molecule has 0 saturated heterocycles. The van der Waals surface area contributed by atoms with Crippen molar-refractivity contribution in [2.24, 2.45) is 0 Å². The highest BCUT2D eigenvalue weighted by Crippen LogP contribution is 2.32. The summed E-state index contributed by atoms with van der Waals surface area (Å²) in [6.07, 6.45) is 0. The highest BCUT2D eigenvalue weighted by atomic mass is 15.6. The van der Waals surface area contributed by atoms with Crippen LogP contribution in [0.1, 0.15) is 0 Å². The predicted octanol–water partition coefficient (Wildman–Crippen LogP) is 2.37. The van der Waals surface area contributed by atoms with Gasteiger partial charge in [-0.15, -0.1) is 5.10 Å². The average Bonchev–Trinajstić information content (AvgIpc) is 3.01. The molecule has 0 fully saturated rings. The van der Waals surface area contributed by atoms with Crippen LogP contribution in [0.4, 0.5) is 0 Å². The second kappa shape index (κ2) is 3.69. The van der Waals surface area contributed by atoms with E-state index in [1.807, 2.05) is 24.3 Å². The van der Waals surface area contributed by atoms with E-state index in [0.717, 1.165) is 32.6 Å². The van der Waals surface area contributed by atoms with Crippen molar-refractivity contribution in [2.45, 2.75) is 0 Å². The molecule has 0 bridgehead atoms. The number of benzene rings is 3. The van der Waals surface area contributed by atoms with Crippen LogP contribution in [0.5, 0.6) is 0 Å². The van der Waals surface area contributed by atoms with Gasteiger partial charge in [-0.2, -0.15) is 0 Å². The highest BCUT2D eigenvalue weighted by Gasteiger charge is 2.12. The fourth-order valence-corrected chi connectivity index (χ4v) is 2.82. The maximum atomic E-state index is 4.58. The summed E-state index contributed by atoms with van der Waals surface area (Å²) in [5.74, 6) is 0.405. The van der Waals surface area contributed by atoms with Crippen LogP contribution < -0.4 is 0 Å². The first-order valence-corrected chi connectivity index (χ1v) is 6.57. The Bertz CT molecular complexity index is 1060. The second-order valence-electron chi connectivity index (χ2n) is 4.87. The van der Waals surface area contributed by atoms with Crippen LogP contribution in [0.3, 0.4) is 0 Å². The Labute approximate surface area is 118 Å². The molecule has 2 aromatic heterocycles. The standard InChI is InChI=1S/C15H8N6/c1-3-7-11-9(5-1)10-6-2-4-8-12(10)14-13(11)16-15-17-19-20-21(15)18-14/h1-8H. The van der Waals surface area contributed by atoms with Crippen LogP contribution >= 0.6 is 0 Å². The lowest BCUT2D eigenvalue weighted by Gasteiger charge is -2.07. The van der Waals surface area contributed by atoms with Crippen LogP contribution in [0.25, 0.3) is 38.4 Å². The van der Waals surface area contributed by atoms with E-state index in [1.54, 1.807) is 0 Å². The van der Waals surface area contributed by atoms with Crippen LogP contribution in [-0.2, 0) is 0 Å². The number of hydrogen-bond donors (Lipinski definition) is 0. The van der Waals surface area contributed by atoms with Crippen LogP contribution in [0.2, 0.25) is 0 Å². The van der Waals surface area contributed by atoms with Gasteiger partial charge in [-0.1, -0.05) is 58.3 Å². The minimum Gasteiger partial charge on any atom is -0.206 e. The zero-order chi connectivity index (χ0) is 13.8. The van der Waals surface area contributed by atoms with E-state index in [0.29, 0.717) is 5.78 Å². The van der Waals surface area contributed by atoms with Gasteiger partial charge in [0.25, 0.3) is 5.78 Å². The summed E-state index contributed by atoms with van der Waals surface area (Å²) in [6, 6.07) is 16.4. The summed E-state index contributed by atoms with van der Waals surface area (Å²) in [5.41, 5.74) is 1.63. The van der Waals surface area contributed by atoms with Crippen LogP contribution in [0, 0.1) is 0 Å². The van der Waals surface area contributed by atoms with Crippen molar-refractivity contribution in [2.75, 3.05) is 0 Å². The summed E-state index contributed by atoms with van der Waals surface area (Å²) in [5, 5.41) is 20.3. The lowest BCUT2D eigenvalue weighted by Crippen LogP contribution is -1.99. The van der Waals surface area contributed by atoms with Gasteiger partial charge >= 0.3 is 0 Å². The summed E-state index contributed by atoms with van der Waals surface area (Å²) in [4.78, 5) is 4.58. The van der Waals surface area contributed by atoms with E-state index in [2.05, 4.69) is 49.9 Å². The normalized spacial score (nSPS) is 11.8. The maximum absolute atomic E-state index is 4.58. The van der Waals surface area contributed by atoms with Gasteiger partial charge in [-0.3, -0.25) is 0 Å². The average molecular weight is 272 g/mol. The fourth-order valence-electron chi connectivity index (χ4n) is 2.82. The van der Waals surface area contributed by atoms with Crippen molar-refractivity contribution < 1.29 is 0 Å². The molecule has 0 aliphatic rings. The number of nitrogens with zero attached hydrogens (tertiary/aromatic N) is 6. The summed E-state index contributed by atoms with van der Waals surface area (Å²) < 4.78 is 1.36. The van der Waals surface area contributed by atoms with Gasteiger partial charge < -0.3 is 0 Å². The van der Waals surface area contributed by atoms with E-state index < -0.39 is 0 Å². The Morgan fingerprint density at radius 1 is 0.714 bits per heavy atom. The highest BCUT2D eigenvalue weighted by molar-refractivity contribution is 6.22. The zero-order valence-corrected chi connectivity index (χ0v) is 10.8. The molecule has 5 rings (SSSR count). The summed E-state index contributed by atoms with van der Waals surface area (Å²) in [6.45, 7) is 0. The third-order valence-electron chi connectivity index (χ3n) is 3.72. The van der Waals surface area contributed by atoms with Crippen molar-refractivity contribution in [1.82, 2.24) is 30.2 Å². The Hall–Kier alpha value is -3.15. The number of rotatable bonds is 0. The van der Waals surface area contributed by atoms with E-state index >= 15 is 0 Å². The lowest BCUT2D eigenvalue weighted by atomic mass is 10.00. The molecule has 3 aromatic carbocycles. The minimum absolute atomic E-state index is 0.405. The smallest absolute Gasteiger partial charge is 0.206 e. The largest absolute Gasteiger partial charge is 0.291 e. The quantitative estimate of drug-likeness (QED) is 0.405. The Morgan fingerprint density at radius 2 is 1.33 bits per heavy atom. The lowest BCUT2D eigenvalue weighted by molar-refractivity contribution is 0.741. The molecule has 0 aliphatic heterocycles. The second-order valence-corrected chi connectivity index (χ2v) is 4.87. The molecule has 0 saturated carbocycles. The first-order valence-electron chi connectivity index (χ1n) is 6.57. The summed E-state index contributed by atoms with van der Waals surface area (Å²) >= 11 is 0. The van der Waals surface area contributed by atoms with E-state index in [9.17, 15) is 0 Å². The topological polar surface area (TPSA) is 68.9 Å². The fraction of sp³-hybridized carbons (Fsp3) is 0. The van der Waals surface area contributed by atoms with E-state index in [4.69, 9.17) is 0 Å². The van der Waals surface area contributed by atoms with Crippen molar-refractivity contribution in [3.63, 3.8) is 0 Å². The Balaban J connectivity index is 2.21.